The molecule has 0 aromatic heterocycles. The van der Waals surface area contributed by atoms with E-state index in [9.17, 15) is 9.59 Å². The fraction of sp³-hybridized carbons (Fsp3) is 0.375. The maximum atomic E-state index is 12.0. The normalized spacial score (nSPS) is 12.1. The summed E-state index contributed by atoms with van der Waals surface area (Å²) < 4.78 is 4.73. The van der Waals surface area contributed by atoms with Gasteiger partial charge in [0.25, 0.3) is 0 Å². The van der Waals surface area contributed by atoms with Crippen LogP contribution in [0.2, 0.25) is 0 Å². The first-order chi connectivity index (χ1) is 10.6. The Hall–Kier alpha value is -1.40. The Morgan fingerprint density at radius 1 is 1.36 bits per heavy atom. The molecule has 1 atom stereocenters. The van der Waals surface area contributed by atoms with Crippen molar-refractivity contribution >= 4 is 41.5 Å². The number of amides is 1. The Morgan fingerprint density at radius 3 is 2.73 bits per heavy atom. The predicted molar refractivity (Wildman–Crippen MR) is 95.0 cm³/mol. The predicted octanol–water partition coefficient (Wildman–Crippen LogP) is 2.72. The van der Waals surface area contributed by atoms with Crippen LogP contribution in [0.3, 0.4) is 0 Å². The van der Waals surface area contributed by atoms with Crippen molar-refractivity contribution in [2.75, 3.05) is 24.2 Å². The fourth-order valence-corrected chi connectivity index (χ4v) is 3.23. The number of rotatable bonds is 8. The molecule has 0 aliphatic rings. The zero-order valence-electron chi connectivity index (χ0n) is 13.0. The average Bonchev–Trinajstić information content (AvgIpc) is 2.52. The van der Waals surface area contributed by atoms with Gasteiger partial charge < -0.3 is 10.1 Å². The first kappa shape index (κ1) is 18.6. The van der Waals surface area contributed by atoms with Gasteiger partial charge in [0, 0.05) is 16.9 Å². The largest absolute Gasteiger partial charge is 0.467 e. The van der Waals surface area contributed by atoms with Crippen molar-refractivity contribution < 1.29 is 14.3 Å². The van der Waals surface area contributed by atoms with Crippen molar-refractivity contribution in [2.45, 2.75) is 13.0 Å². The van der Waals surface area contributed by atoms with Crippen LogP contribution in [0.5, 0.6) is 0 Å². The Kier molecular flexibility index (Phi) is 8.77. The van der Waals surface area contributed by atoms with Gasteiger partial charge in [-0.05, 0) is 30.4 Å². The van der Waals surface area contributed by atoms with Gasteiger partial charge in [-0.3, -0.25) is 4.79 Å². The number of ether oxygens (including phenoxy) is 1. The molecule has 4 nitrogen and oxygen atoms in total. The fourth-order valence-electron chi connectivity index (χ4n) is 1.72. The van der Waals surface area contributed by atoms with Crippen molar-refractivity contribution in [3.63, 3.8) is 0 Å². The standard InChI is InChI=1S/C16H21NO3S2/c1-12-6-4-5-7-13(12)8-9-15(18)17-14(16(19)20-2)10-22-11-21-3/h4-9,14H,10-11H2,1-3H3,(H,17,18). The van der Waals surface area contributed by atoms with E-state index in [4.69, 9.17) is 4.74 Å². The highest BCUT2D eigenvalue weighted by molar-refractivity contribution is 8.15. The van der Waals surface area contributed by atoms with Gasteiger partial charge in [0.15, 0.2) is 0 Å². The molecule has 1 amide bonds. The van der Waals surface area contributed by atoms with Crippen molar-refractivity contribution in [3.05, 3.63) is 41.5 Å². The van der Waals surface area contributed by atoms with Crippen LogP contribution in [0.25, 0.3) is 6.08 Å². The summed E-state index contributed by atoms with van der Waals surface area (Å²) in [4.78, 5) is 23.7. The number of methoxy groups -OCH3 is 1. The molecule has 0 aliphatic heterocycles. The van der Waals surface area contributed by atoms with Crippen LogP contribution >= 0.6 is 23.5 Å². The third-order valence-corrected chi connectivity index (χ3v) is 5.07. The average molecular weight is 339 g/mol. The second-order valence-electron chi connectivity index (χ2n) is 4.55. The van der Waals surface area contributed by atoms with Crippen molar-refractivity contribution in [1.82, 2.24) is 5.32 Å². The second kappa shape index (κ2) is 10.3. The molecule has 120 valence electrons. The molecular weight excluding hydrogens is 318 g/mol. The highest BCUT2D eigenvalue weighted by atomic mass is 32.2. The molecule has 1 aromatic carbocycles. The molecule has 0 saturated carbocycles. The molecular formula is C16H21NO3S2. The SMILES string of the molecule is COC(=O)C(CSCSC)NC(=O)C=Cc1ccccc1C. The number of benzene rings is 1. The van der Waals surface area contributed by atoms with E-state index in [0.717, 1.165) is 16.2 Å². The Bertz CT molecular complexity index is 532. The van der Waals surface area contributed by atoms with E-state index in [0.29, 0.717) is 5.75 Å². The third-order valence-electron chi connectivity index (χ3n) is 2.89. The monoisotopic (exact) mass is 339 g/mol. The first-order valence-electron chi connectivity index (χ1n) is 6.77. The molecule has 0 spiro atoms. The molecule has 0 radical (unpaired) electrons. The Morgan fingerprint density at radius 2 is 2.09 bits per heavy atom. The molecule has 1 rings (SSSR count). The van der Waals surface area contributed by atoms with E-state index < -0.39 is 12.0 Å². The van der Waals surface area contributed by atoms with Gasteiger partial charge in [-0.1, -0.05) is 24.3 Å². The van der Waals surface area contributed by atoms with Gasteiger partial charge in [0.2, 0.25) is 5.91 Å². The minimum Gasteiger partial charge on any atom is -0.467 e. The zero-order chi connectivity index (χ0) is 16.4. The van der Waals surface area contributed by atoms with E-state index in [-0.39, 0.29) is 5.91 Å². The van der Waals surface area contributed by atoms with Crippen LogP contribution in [-0.4, -0.2) is 42.1 Å². The van der Waals surface area contributed by atoms with Gasteiger partial charge in [0.05, 0.1) is 7.11 Å². The van der Waals surface area contributed by atoms with Gasteiger partial charge in [-0.15, -0.1) is 11.8 Å². The molecule has 0 bridgehead atoms. The highest BCUT2D eigenvalue weighted by Crippen LogP contribution is 2.11. The smallest absolute Gasteiger partial charge is 0.329 e. The van der Waals surface area contributed by atoms with Crippen LogP contribution in [0.1, 0.15) is 11.1 Å². The minimum absolute atomic E-state index is 0.302. The molecule has 0 aliphatic carbocycles. The summed E-state index contributed by atoms with van der Waals surface area (Å²) >= 11 is 3.26. The maximum absolute atomic E-state index is 12.0. The Labute approximate surface area is 140 Å². The van der Waals surface area contributed by atoms with E-state index in [1.165, 1.54) is 13.2 Å². The number of aryl methyl sites for hydroxylation is 1. The maximum Gasteiger partial charge on any atom is 0.329 e. The summed E-state index contributed by atoms with van der Waals surface area (Å²) in [5.41, 5.74) is 2.07. The van der Waals surface area contributed by atoms with Crippen molar-refractivity contribution in [3.8, 4) is 0 Å². The van der Waals surface area contributed by atoms with Crippen LogP contribution in [-0.2, 0) is 14.3 Å². The van der Waals surface area contributed by atoms with Crippen LogP contribution in [0.15, 0.2) is 30.3 Å². The number of hydrogen-bond donors (Lipinski definition) is 1. The lowest BCUT2D eigenvalue weighted by atomic mass is 10.1. The molecule has 6 heteroatoms. The van der Waals surface area contributed by atoms with E-state index in [1.807, 2.05) is 37.4 Å². The lowest BCUT2D eigenvalue weighted by Crippen LogP contribution is -2.42. The van der Waals surface area contributed by atoms with Crippen LogP contribution in [0, 0.1) is 6.92 Å². The lowest BCUT2D eigenvalue weighted by Gasteiger charge is -2.14. The molecule has 0 heterocycles. The summed E-state index contributed by atoms with van der Waals surface area (Å²) in [5, 5.41) is 3.55. The van der Waals surface area contributed by atoms with Gasteiger partial charge in [-0.25, -0.2) is 4.79 Å². The van der Waals surface area contributed by atoms with E-state index in [2.05, 4.69) is 5.32 Å². The molecule has 22 heavy (non-hydrogen) atoms. The van der Waals surface area contributed by atoms with Gasteiger partial charge in [0.1, 0.15) is 6.04 Å². The number of hydrogen-bond acceptors (Lipinski definition) is 5. The third kappa shape index (κ3) is 6.58. The van der Waals surface area contributed by atoms with Crippen molar-refractivity contribution in [1.29, 1.82) is 0 Å². The molecule has 1 aromatic rings. The highest BCUT2D eigenvalue weighted by Gasteiger charge is 2.20. The summed E-state index contributed by atoms with van der Waals surface area (Å²) in [7, 11) is 1.32. The number of nitrogens with one attached hydrogen (secondary N) is 1. The second-order valence-corrected chi connectivity index (χ2v) is 6.81. The lowest BCUT2D eigenvalue weighted by molar-refractivity contribution is -0.143. The van der Waals surface area contributed by atoms with Crippen LogP contribution in [0.4, 0.5) is 0 Å². The zero-order valence-corrected chi connectivity index (χ0v) is 14.6. The number of carbonyl (C=O) groups excluding carboxylic acids is 2. The topological polar surface area (TPSA) is 55.4 Å². The van der Waals surface area contributed by atoms with E-state index in [1.54, 1.807) is 29.6 Å². The summed E-state index contributed by atoms with van der Waals surface area (Å²) in [5.74, 6) is -0.230. The van der Waals surface area contributed by atoms with Crippen LogP contribution < -0.4 is 5.32 Å². The molecule has 1 N–H and O–H groups in total. The number of carbonyl (C=O) groups is 2. The summed E-state index contributed by atoms with van der Waals surface area (Å²) in [6, 6.07) is 7.15. The first-order valence-corrected chi connectivity index (χ1v) is 9.32. The molecule has 1 unspecified atom stereocenters. The summed E-state index contributed by atoms with van der Waals surface area (Å²) in [6.07, 6.45) is 5.18. The number of esters is 1. The van der Waals surface area contributed by atoms with Crippen molar-refractivity contribution in [2.24, 2.45) is 0 Å². The quantitative estimate of drug-likeness (QED) is 0.342. The van der Waals surface area contributed by atoms with Gasteiger partial charge >= 0.3 is 5.97 Å². The number of thioether (sulfide) groups is 2. The van der Waals surface area contributed by atoms with Gasteiger partial charge in [-0.2, -0.15) is 11.8 Å². The summed E-state index contributed by atoms with van der Waals surface area (Å²) in [6.45, 7) is 1.98. The molecule has 0 saturated heterocycles. The Balaban J connectivity index is 2.62. The minimum atomic E-state index is -0.629. The molecule has 0 fully saturated rings. The van der Waals surface area contributed by atoms with E-state index >= 15 is 0 Å².